The van der Waals surface area contributed by atoms with Crippen LogP contribution < -0.4 is 0 Å². The molecule has 0 aliphatic carbocycles. The van der Waals surface area contributed by atoms with Crippen LogP contribution in [0.2, 0.25) is 0 Å². The van der Waals surface area contributed by atoms with Crippen molar-refractivity contribution in [2.45, 2.75) is 6.92 Å². The first-order valence-corrected chi connectivity index (χ1v) is 5.77. The van der Waals surface area contributed by atoms with Crippen molar-refractivity contribution in [3.63, 3.8) is 0 Å². The number of aromatic hydroxyl groups is 1. The molecule has 4 heteroatoms. The number of hydrogen-bond donors (Lipinski definition) is 1. The predicted molar refractivity (Wildman–Crippen MR) is 72.7 cm³/mol. The Morgan fingerprint density at radius 1 is 1.05 bits per heavy atom. The molecule has 2 aromatic rings. The summed E-state index contributed by atoms with van der Waals surface area (Å²) in [5.41, 5.74) is 0.815. The second kappa shape index (κ2) is 5.82. The number of aliphatic imine (C=N–C) groups is 1. The number of phenolic OH excluding ortho intramolecular Hbond substituents is 1. The highest BCUT2D eigenvalue weighted by molar-refractivity contribution is 5.99. The van der Waals surface area contributed by atoms with Gasteiger partial charge in [0.05, 0.1) is 5.69 Å². The molecule has 0 fully saturated rings. The van der Waals surface area contributed by atoms with E-state index in [1.54, 1.807) is 31.2 Å². The molecule has 2 aromatic carbocycles. The Balaban J connectivity index is 2.12. The number of carbonyl (C=O) groups excluding carboxylic acids is 1. The number of benzene rings is 2. The summed E-state index contributed by atoms with van der Waals surface area (Å²) in [4.78, 5) is 15.9. The topological polar surface area (TPSA) is 58.9 Å². The molecule has 0 aliphatic rings. The molecule has 0 saturated heterocycles. The van der Waals surface area contributed by atoms with E-state index in [1.807, 2.05) is 18.2 Å². The Morgan fingerprint density at radius 2 is 1.68 bits per heavy atom. The minimum absolute atomic E-state index is 0.111. The van der Waals surface area contributed by atoms with Crippen molar-refractivity contribution in [3.05, 3.63) is 60.2 Å². The third-order valence-electron chi connectivity index (χ3n) is 2.41. The second-order valence-electron chi connectivity index (χ2n) is 3.87. The fourth-order valence-electron chi connectivity index (χ4n) is 1.54. The molecule has 96 valence electrons. The molecule has 0 heterocycles. The number of hydrogen-bond acceptors (Lipinski definition) is 4. The zero-order valence-electron chi connectivity index (χ0n) is 10.4. The van der Waals surface area contributed by atoms with Crippen LogP contribution in [-0.2, 0) is 4.74 Å². The molecule has 0 aliphatic heterocycles. The number of nitrogens with zero attached hydrogens (tertiary/aromatic N) is 1. The molecule has 0 aromatic heterocycles. The maximum atomic E-state index is 11.8. The van der Waals surface area contributed by atoms with E-state index in [0.29, 0.717) is 5.69 Å². The molecule has 0 bridgehead atoms. The maximum Gasteiger partial charge on any atom is 0.348 e. The lowest BCUT2D eigenvalue weighted by Gasteiger charge is -2.05. The molecule has 0 unspecified atom stereocenters. The first-order chi connectivity index (χ1) is 9.16. The van der Waals surface area contributed by atoms with Crippen molar-refractivity contribution in [2.24, 2.45) is 4.99 Å². The first-order valence-electron chi connectivity index (χ1n) is 5.77. The molecular weight excluding hydrogens is 242 g/mol. The lowest BCUT2D eigenvalue weighted by Crippen LogP contribution is -2.09. The monoisotopic (exact) mass is 255 g/mol. The standard InChI is InChI=1S/C15H13NO3/c1-11(16-12-7-3-2-4-8-12)19-15(18)13-9-5-6-10-14(13)17/h2-10,17H,1H3. The van der Waals surface area contributed by atoms with Gasteiger partial charge in [-0.05, 0) is 24.3 Å². The third kappa shape index (κ3) is 3.42. The zero-order chi connectivity index (χ0) is 13.7. The Kier molecular flexibility index (Phi) is 3.93. The average molecular weight is 255 g/mol. The summed E-state index contributed by atoms with van der Waals surface area (Å²) < 4.78 is 5.07. The zero-order valence-corrected chi connectivity index (χ0v) is 10.4. The van der Waals surface area contributed by atoms with Gasteiger partial charge in [-0.15, -0.1) is 0 Å². The smallest absolute Gasteiger partial charge is 0.348 e. The van der Waals surface area contributed by atoms with Crippen LogP contribution in [0.15, 0.2) is 59.6 Å². The van der Waals surface area contributed by atoms with Gasteiger partial charge in [0.2, 0.25) is 0 Å². The largest absolute Gasteiger partial charge is 0.507 e. The van der Waals surface area contributed by atoms with E-state index in [9.17, 15) is 9.90 Å². The number of ether oxygens (including phenoxy) is 1. The molecule has 0 radical (unpaired) electrons. The van der Waals surface area contributed by atoms with E-state index in [-0.39, 0.29) is 17.2 Å². The van der Waals surface area contributed by atoms with Gasteiger partial charge in [0, 0.05) is 6.92 Å². The van der Waals surface area contributed by atoms with E-state index in [1.165, 1.54) is 12.1 Å². The molecule has 1 N–H and O–H groups in total. The van der Waals surface area contributed by atoms with Gasteiger partial charge in [-0.3, -0.25) is 0 Å². The van der Waals surface area contributed by atoms with Crippen LogP contribution in [-0.4, -0.2) is 17.0 Å². The minimum Gasteiger partial charge on any atom is -0.507 e. The van der Waals surface area contributed by atoms with Gasteiger partial charge in [-0.1, -0.05) is 30.3 Å². The number of carbonyl (C=O) groups is 1. The van der Waals surface area contributed by atoms with Gasteiger partial charge in [-0.2, -0.15) is 0 Å². The van der Waals surface area contributed by atoms with Gasteiger partial charge in [0.25, 0.3) is 0 Å². The van der Waals surface area contributed by atoms with E-state index < -0.39 is 5.97 Å². The van der Waals surface area contributed by atoms with Crippen LogP contribution in [0.5, 0.6) is 5.75 Å². The summed E-state index contributed by atoms with van der Waals surface area (Å²) in [6, 6.07) is 15.4. The lowest BCUT2D eigenvalue weighted by atomic mass is 10.2. The Bertz CT molecular complexity index is 606. The summed E-state index contributed by atoms with van der Waals surface area (Å²) in [6.45, 7) is 1.59. The molecule has 2 rings (SSSR count). The van der Waals surface area contributed by atoms with Gasteiger partial charge < -0.3 is 9.84 Å². The molecule has 4 nitrogen and oxygen atoms in total. The Labute approximate surface area is 111 Å². The van der Waals surface area contributed by atoms with Gasteiger partial charge in [0.15, 0.2) is 5.90 Å². The van der Waals surface area contributed by atoms with Crippen molar-refractivity contribution in [1.29, 1.82) is 0 Å². The Morgan fingerprint density at radius 3 is 2.37 bits per heavy atom. The SMILES string of the molecule is CC(=Nc1ccccc1)OC(=O)c1ccccc1O. The second-order valence-corrected chi connectivity index (χ2v) is 3.87. The summed E-state index contributed by atoms with van der Waals surface area (Å²) in [5, 5.41) is 9.54. The molecule has 19 heavy (non-hydrogen) atoms. The highest BCUT2D eigenvalue weighted by Gasteiger charge is 2.12. The minimum atomic E-state index is -0.629. The predicted octanol–water partition coefficient (Wildman–Crippen LogP) is 3.30. The normalized spacial score (nSPS) is 11.1. The number of esters is 1. The van der Waals surface area contributed by atoms with Crippen molar-refractivity contribution in [1.82, 2.24) is 0 Å². The van der Waals surface area contributed by atoms with Crippen molar-refractivity contribution < 1.29 is 14.6 Å². The van der Waals surface area contributed by atoms with Crippen molar-refractivity contribution in [3.8, 4) is 5.75 Å². The molecule has 0 atom stereocenters. The van der Waals surface area contributed by atoms with Crippen LogP contribution in [0.4, 0.5) is 5.69 Å². The number of phenols is 1. The Hall–Kier alpha value is -2.62. The average Bonchev–Trinajstić information content (AvgIpc) is 2.40. The fourth-order valence-corrected chi connectivity index (χ4v) is 1.54. The summed E-state index contributed by atoms with van der Waals surface area (Å²) >= 11 is 0. The van der Waals surface area contributed by atoms with Gasteiger partial charge in [0.1, 0.15) is 11.3 Å². The number of rotatable bonds is 2. The summed E-state index contributed by atoms with van der Waals surface area (Å²) in [6.07, 6.45) is 0. The number of para-hydroxylation sites is 2. The van der Waals surface area contributed by atoms with E-state index >= 15 is 0 Å². The van der Waals surface area contributed by atoms with Crippen LogP contribution in [0, 0.1) is 0 Å². The highest BCUT2D eigenvalue weighted by Crippen LogP contribution is 2.17. The van der Waals surface area contributed by atoms with E-state index in [4.69, 9.17) is 4.74 Å². The van der Waals surface area contributed by atoms with Gasteiger partial charge >= 0.3 is 5.97 Å². The summed E-state index contributed by atoms with van der Waals surface area (Å²) in [7, 11) is 0. The van der Waals surface area contributed by atoms with Crippen LogP contribution in [0.3, 0.4) is 0 Å². The third-order valence-corrected chi connectivity index (χ3v) is 2.41. The molecule has 0 amide bonds. The highest BCUT2D eigenvalue weighted by atomic mass is 16.5. The molecule has 0 spiro atoms. The van der Waals surface area contributed by atoms with E-state index in [0.717, 1.165) is 0 Å². The van der Waals surface area contributed by atoms with E-state index in [2.05, 4.69) is 4.99 Å². The molecular formula is C15H13NO3. The van der Waals surface area contributed by atoms with Crippen LogP contribution >= 0.6 is 0 Å². The molecule has 0 saturated carbocycles. The van der Waals surface area contributed by atoms with Crippen molar-refractivity contribution in [2.75, 3.05) is 0 Å². The maximum absolute atomic E-state index is 11.8. The fraction of sp³-hybridized carbons (Fsp3) is 0.0667. The lowest BCUT2D eigenvalue weighted by molar-refractivity contribution is 0.0712. The van der Waals surface area contributed by atoms with Gasteiger partial charge in [-0.25, -0.2) is 9.79 Å². The quantitative estimate of drug-likeness (QED) is 0.509. The van der Waals surface area contributed by atoms with Crippen molar-refractivity contribution >= 4 is 17.6 Å². The van der Waals surface area contributed by atoms with Crippen LogP contribution in [0.1, 0.15) is 17.3 Å². The summed E-state index contributed by atoms with van der Waals surface area (Å²) in [5.74, 6) is -0.519. The first kappa shape index (κ1) is 12.8. The van der Waals surface area contributed by atoms with Crippen LogP contribution in [0.25, 0.3) is 0 Å².